The van der Waals surface area contributed by atoms with Crippen LogP contribution in [0.1, 0.15) is 162 Å². The SMILES string of the molecule is CCOc1c2cc3cc1[C@H]1CC[C@H]1c1cc(cc(c1O)Cc1cc4cc(c1O)[C@H]1CC[C@H]1c1cc(cc(c1O)C2)CCCCC4)CCCCC3. The predicted molar refractivity (Wildman–Crippen MR) is 199 cm³/mol. The maximum absolute atomic E-state index is 12.2. The van der Waals surface area contributed by atoms with Crippen molar-refractivity contribution in [1.82, 2.24) is 0 Å². The second-order valence-corrected chi connectivity index (χ2v) is 16.2. The first kappa shape index (κ1) is 32.0. The van der Waals surface area contributed by atoms with Gasteiger partial charge in [-0.1, -0.05) is 61.4 Å². The minimum atomic E-state index is 0.150. The first-order valence-electron chi connectivity index (χ1n) is 19.8. The van der Waals surface area contributed by atoms with Gasteiger partial charge in [-0.25, -0.2) is 0 Å². The van der Waals surface area contributed by atoms with Crippen LogP contribution in [0.2, 0.25) is 0 Å². The van der Waals surface area contributed by atoms with Crippen molar-refractivity contribution in [2.45, 2.75) is 133 Å². The summed E-state index contributed by atoms with van der Waals surface area (Å²) in [5.74, 6) is 3.00. The van der Waals surface area contributed by atoms with Gasteiger partial charge in [-0.3, -0.25) is 0 Å². The normalized spacial score (nSPS) is 23.9. The Hall–Kier alpha value is -3.92. The van der Waals surface area contributed by atoms with Crippen molar-refractivity contribution in [2.24, 2.45) is 0 Å². The van der Waals surface area contributed by atoms with Gasteiger partial charge in [0.2, 0.25) is 0 Å². The summed E-state index contributed by atoms with van der Waals surface area (Å²) in [6.07, 6.45) is 16.0. The molecule has 50 heavy (non-hydrogen) atoms. The van der Waals surface area contributed by atoms with Crippen LogP contribution >= 0.6 is 0 Å². The molecule has 0 heterocycles. The molecule has 12 bridgehead atoms. The van der Waals surface area contributed by atoms with Crippen LogP contribution in [0.3, 0.4) is 0 Å². The zero-order chi connectivity index (χ0) is 33.9. The minimum absolute atomic E-state index is 0.150. The molecule has 5 aliphatic rings. The Bertz CT molecular complexity index is 1950. The number of hydrogen-bond donors (Lipinski definition) is 3. The third-order valence-corrected chi connectivity index (χ3v) is 13.1. The van der Waals surface area contributed by atoms with Crippen molar-refractivity contribution >= 4 is 0 Å². The highest BCUT2D eigenvalue weighted by atomic mass is 16.5. The highest BCUT2D eigenvalue weighted by molar-refractivity contribution is 5.58. The summed E-state index contributed by atoms with van der Waals surface area (Å²) in [6.45, 7) is 2.67. The first-order valence-corrected chi connectivity index (χ1v) is 19.8. The molecule has 2 saturated carbocycles. The Balaban J connectivity index is 1.32. The van der Waals surface area contributed by atoms with Crippen molar-refractivity contribution in [3.63, 3.8) is 0 Å². The number of phenols is 3. The van der Waals surface area contributed by atoms with E-state index in [0.29, 0.717) is 36.7 Å². The monoisotopic (exact) mass is 668 g/mol. The molecule has 4 aromatic carbocycles. The molecule has 0 amide bonds. The lowest BCUT2D eigenvalue weighted by Crippen LogP contribution is -2.24. The van der Waals surface area contributed by atoms with E-state index in [2.05, 4.69) is 55.5 Å². The number of hydrogen-bond acceptors (Lipinski definition) is 4. The van der Waals surface area contributed by atoms with Gasteiger partial charge in [0.15, 0.2) is 0 Å². The summed E-state index contributed by atoms with van der Waals surface area (Å²) in [4.78, 5) is 0. The molecule has 260 valence electrons. The van der Waals surface area contributed by atoms with Gasteiger partial charge >= 0.3 is 0 Å². The second-order valence-electron chi connectivity index (χ2n) is 16.2. The number of benzene rings is 4. The molecular formula is C46H52O4. The molecule has 9 rings (SSSR count). The second kappa shape index (κ2) is 13.0. The van der Waals surface area contributed by atoms with E-state index in [9.17, 15) is 15.3 Å². The van der Waals surface area contributed by atoms with Gasteiger partial charge in [-0.15, -0.1) is 0 Å². The van der Waals surface area contributed by atoms with Crippen molar-refractivity contribution in [2.75, 3.05) is 6.61 Å². The van der Waals surface area contributed by atoms with Crippen LogP contribution < -0.4 is 4.74 Å². The molecular weight excluding hydrogens is 617 g/mol. The van der Waals surface area contributed by atoms with Crippen LogP contribution in [0.4, 0.5) is 0 Å². The van der Waals surface area contributed by atoms with Crippen LogP contribution in [0.15, 0.2) is 48.5 Å². The average Bonchev–Trinajstić information content (AvgIpc) is 3.07. The molecule has 0 aliphatic heterocycles. The topological polar surface area (TPSA) is 69.9 Å². The molecule has 2 fully saturated rings. The molecule has 4 nitrogen and oxygen atoms in total. The van der Waals surface area contributed by atoms with Gasteiger partial charge in [0, 0.05) is 12.8 Å². The first-order chi connectivity index (χ1) is 24.4. The van der Waals surface area contributed by atoms with Crippen molar-refractivity contribution in [1.29, 1.82) is 0 Å². The Kier molecular flexibility index (Phi) is 8.33. The summed E-state index contributed by atoms with van der Waals surface area (Å²) in [6, 6.07) is 18.4. The Labute approximate surface area is 297 Å². The fraction of sp³-hybridized carbons (Fsp3) is 0.478. The van der Waals surface area contributed by atoms with Crippen molar-refractivity contribution in [3.05, 3.63) is 115 Å². The smallest absolute Gasteiger partial charge is 0.126 e. The lowest BCUT2D eigenvalue weighted by molar-refractivity contribution is 0.298. The molecule has 0 aromatic heterocycles. The van der Waals surface area contributed by atoms with E-state index in [1.54, 1.807) is 0 Å². The molecule has 4 atom stereocenters. The summed E-state index contributed by atoms with van der Waals surface area (Å²) < 4.78 is 6.63. The van der Waals surface area contributed by atoms with Gasteiger partial charge in [-0.05, 0) is 174 Å². The number of phenolic OH excluding ortho intramolecular Hbond substituents is 3. The number of rotatable bonds is 2. The maximum Gasteiger partial charge on any atom is 0.126 e. The fourth-order valence-electron chi connectivity index (χ4n) is 10.3. The number of fused-ring (bicyclic) bond motifs is 8. The van der Waals surface area contributed by atoms with Gasteiger partial charge < -0.3 is 20.1 Å². The van der Waals surface area contributed by atoms with Crippen LogP contribution in [-0.4, -0.2) is 21.9 Å². The third kappa shape index (κ3) is 5.58. The number of aromatic hydroxyl groups is 3. The van der Waals surface area contributed by atoms with Gasteiger partial charge in [0.1, 0.15) is 23.0 Å². The van der Waals surface area contributed by atoms with E-state index in [1.165, 1.54) is 33.4 Å². The van der Waals surface area contributed by atoms with Crippen LogP contribution in [0, 0.1) is 0 Å². The molecule has 4 heteroatoms. The van der Waals surface area contributed by atoms with E-state index < -0.39 is 0 Å². The van der Waals surface area contributed by atoms with E-state index >= 15 is 0 Å². The number of aryl methyl sites for hydroxylation is 4. The van der Waals surface area contributed by atoms with E-state index in [4.69, 9.17) is 4.74 Å². The Morgan fingerprint density at radius 2 is 0.800 bits per heavy atom. The fourth-order valence-corrected chi connectivity index (χ4v) is 10.3. The molecule has 0 radical (unpaired) electrons. The molecule has 5 aliphatic carbocycles. The quantitative estimate of drug-likeness (QED) is 0.199. The van der Waals surface area contributed by atoms with E-state index in [0.717, 1.165) is 129 Å². The standard InChI is InChI=1S/C46H52O4/c1-2-50-46-34-20-30-12-8-4-7-10-28-18-32(44(48)41(23-28)37-15-16-38(37)42(46)24-30)25-31-17-27-9-5-3-6-11-29-19-33(26-34)45(49)40(22-29)36-14-13-35(36)39(21-27)43(31)47/h17-24,35-38,47-49H,2-16,25-26H2,1H3/t35-,36+,37+,38-/m0/s1. The molecule has 3 N–H and O–H groups in total. The minimum Gasteiger partial charge on any atom is -0.507 e. The largest absolute Gasteiger partial charge is 0.507 e. The lowest BCUT2D eigenvalue weighted by Gasteiger charge is -2.40. The zero-order valence-electron chi connectivity index (χ0n) is 29.7. The molecule has 0 unspecified atom stereocenters. The Morgan fingerprint density at radius 1 is 0.460 bits per heavy atom. The predicted octanol–water partition coefficient (Wildman–Crippen LogP) is 10.6. The molecule has 0 spiro atoms. The van der Waals surface area contributed by atoms with Crippen LogP contribution in [0.5, 0.6) is 23.0 Å². The van der Waals surface area contributed by atoms with E-state index in [-0.39, 0.29) is 23.7 Å². The molecule has 4 aromatic rings. The van der Waals surface area contributed by atoms with Crippen molar-refractivity contribution < 1.29 is 20.1 Å². The van der Waals surface area contributed by atoms with Gasteiger partial charge in [0.05, 0.1) is 6.61 Å². The summed E-state index contributed by atoms with van der Waals surface area (Å²) in [5, 5.41) is 36.5. The lowest BCUT2D eigenvalue weighted by atomic mass is 9.64. The highest BCUT2D eigenvalue weighted by Crippen LogP contribution is 2.57. The summed E-state index contributed by atoms with van der Waals surface area (Å²) in [5.41, 5.74) is 13.7. The summed E-state index contributed by atoms with van der Waals surface area (Å²) in [7, 11) is 0. The third-order valence-electron chi connectivity index (χ3n) is 13.1. The van der Waals surface area contributed by atoms with Gasteiger partial charge in [-0.2, -0.15) is 0 Å². The Morgan fingerprint density at radius 3 is 1.18 bits per heavy atom. The van der Waals surface area contributed by atoms with E-state index in [1.807, 2.05) is 0 Å². The van der Waals surface area contributed by atoms with Crippen molar-refractivity contribution in [3.8, 4) is 23.0 Å². The average molecular weight is 669 g/mol. The molecule has 0 saturated heterocycles. The van der Waals surface area contributed by atoms with Crippen LogP contribution in [0.25, 0.3) is 0 Å². The maximum atomic E-state index is 12.2. The number of ether oxygens (including phenoxy) is 1. The summed E-state index contributed by atoms with van der Waals surface area (Å²) >= 11 is 0. The van der Waals surface area contributed by atoms with Gasteiger partial charge in [0.25, 0.3) is 0 Å². The highest BCUT2D eigenvalue weighted by Gasteiger charge is 2.40. The van der Waals surface area contributed by atoms with Crippen LogP contribution in [-0.2, 0) is 38.5 Å². The zero-order valence-corrected chi connectivity index (χ0v) is 29.7.